The van der Waals surface area contributed by atoms with Crippen molar-refractivity contribution in [3.8, 4) is 11.5 Å². The summed E-state index contributed by atoms with van der Waals surface area (Å²) in [6, 6.07) is 13.4. The van der Waals surface area contributed by atoms with Crippen LogP contribution in [0.1, 0.15) is 11.3 Å². The van der Waals surface area contributed by atoms with E-state index in [1.807, 2.05) is 42.5 Å². The summed E-state index contributed by atoms with van der Waals surface area (Å²) in [5, 5.41) is 18.6. The van der Waals surface area contributed by atoms with Gasteiger partial charge in [-0.1, -0.05) is 30.3 Å². The minimum atomic E-state index is 0.144. The fourth-order valence-electron chi connectivity index (χ4n) is 3.16. The predicted molar refractivity (Wildman–Crippen MR) is 106 cm³/mol. The van der Waals surface area contributed by atoms with Gasteiger partial charge in [-0.3, -0.25) is 10.00 Å². The van der Waals surface area contributed by atoms with Crippen molar-refractivity contribution in [3.05, 3.63) is 53.7 Å². The van der Waals surface area contributed by atoms with Crippen LogP contribution in [0.3, 0.4) is 0 Å². The Bertz CT molecular complexity index is 929. The van der Waals surface area contributed by atoms with Gasteiger partial charge in [0.15, 0.2) is 11.5 Å². The van der Waals surface area contributed by atoms with E-state index in [0.29, 0.717) is 12.4 Å². The van der Waals surface area contributed by atoms with Gasteiger partial charge in [0.05, 0.1) is 24.4 Å². The van der Waals surface area contributed by atoms with Gasteiger partial charge in [-0.25, -0.2) is 0 Å². The van der Waals surface area contributed by atoms with Gasteiger partial charge in [-0.05, 0) is 29.8 Å². The Balaban J connectivity index is 1.37. The zero-order valence-electron chi connectivity index (χ0n) is 15.1. The van der Waals surface area contributed by atoms with Crippen molar-refractivity contribution in [2.75, 3.05) is 39.5 Å². The van der Waals surface area contributed by atoms with Crippen LogP contribution in [0.4, 0.5) is 0 Å². The van der Waals surface area contributed by atoms with Gasteiger partial charge in [-0.15, -0.1) is 0 Å². The van der Waals surface area contributed by atoms with Gasteiger partial charge in [0.25, 0.3) is 0 Å². The van der Waals surface area contributed by atoms with E-state index < -0.39 is 0 Å². The van der Waals surface area contributed by atoms with E-state index >= 15 is 0 Å². The van der Waals surface area contributed by atoms with Crippen molar-refractivity contribution < 1.29 is 14.6 Å². The third-order valence-electron chi connectivity index (χ3n) is 4.69. The average Bonchev–Trinajstić information content (AvgIpc) is 3.12. The second kappa shape index (κ2) is 8.24. The van der Waals surface area contributed by atoms with Crippen molar-refractivity contribution in [2.45, 2.75) is 0 Å². The molecule has 27 heavy (non-hydrogen) atoms. The first kappa shape index (κ1) is 17.6. The first-order valence-electron chi connectivity index (χ1n) is 9.17. The van der Waals surface area contributed by atoms with Crippen LogP contribution in [-0.4, -0.2) is 59.7 Å². The number of para-hydroxylation sites is 1. The first-order chi connectivity index (χ1) is 13.3. The molecule has 1 aliphatic heterocycles. The highest BCUT2D eigenvalue weighted by Gasteiger charge is 2.10. The molecular weight excluding hydrogens is 342 g/mol. The summed E-state index contributed by atoms with van der Waals surface area (Å²) in [5.74, 6) is 0.650. The van der Waals surface area contributed by atoms with E-state index in [-0.39, 0.29) is 5.75 Å². The molecule has 6 nitrogen and oxygen atoms in total. The second-order valence-electron chi connectivity index (χ2n) is 6.52. The SMILES string of the molecule is Oc1cc(/C=C/c2n[nH]c3ccccc23)ccc1OCCN1CCOCC1. The molecule has 0 atom stereocenters. The van der Waals surface area contributed by atoms with Gasteiger partial charge in [0, 0.05) is 25.0 Å². The monoisotopic (exact) mass is 365 g/mol. The molecule has 1 saturated heterocycles. The molecule has 2 aromatic carbocycles. The van der Waals surface area contributed by atoms with Gasteiger partial charge in [-0.2, -0.15) is 5.10 Å². The molecule has 1 aromatic heterocycles. The van der Waals surface area contributed by atoms with Crippen LogP contribution >= 0.6 is 0 Å². The topological polar surface area (TPSA) is 70.6 Å². The quantitative estimate of drug-likeness (QED) is 0.702. The van der Waals surface area contributed by atoms with E-state index in [0.717, 1.165) is 55.0 Å². The van der Waals surface area contributed by atoms with Crippen LogP contribution in [0.25, 0.3) is 23.1 Å². The maximum Gasteiger partial charge on any atom is 0.161 e. The van der Waals surface area contributed by atoms with Crippen molar-refractivity contribution in [2.24, 2.45) is 0 Å². The van der Waals surface area contributed by atoms with E-state index in [9.17, 15) is 5.11 Å². The molecular formula is C21H23N3O3. The van der Waals surface area contributed by atoms with Gasteiger partial charge in [0.1, 0.15) is 6.61 Å². The summed E-state index contributed by atoms with van der Waals surface area (Å²) < 4.78 is 11.1. The Labute approximate surface area is 158 Å². The number of nitrogens with one attached hydrogen (secondary N) is 1. The number of aromatic nitrogens is 2. The summed E-state index contributed by atoms with van der Waals surface area (Å²) in [6.07, 6.45) is 3.87. The molecule has 0 aliphatic carbocycles. The molecule has 140 valence electrons. The minimum absolute atomic E-state index is 0.144. The minimum Gasteiger partial charge on any atom is -0.504 e. The van der Waals surface area contributed by atoms with Crippen molar-refractivity contribution in [3.63, 3.8) is 0 Å². The fraction of sp³-hybridized carbons (Fsp3) is 0.286. The standard InChI is InChI=1S/C21H23N3O3/c25-20-15-16(5-7-19-17-3-1-2-4-18(17)22-23-19)6-8-21(20)27-14-11-24-9-12-26-13-10-24/h1-8,15,25H,9-14H2,(H,22,23)/b7-5+. The van der Waals surface area contributed by atoms with Crippen LogP contribution in [0.2, 0.25) is 0 Å². The van der Waals surface area contributed by atoms with E-state index in [1.54, 1.807) is 12.1 Å². The number of fused-ring (bicyclic) bond motifs is 1. The molecule has 0 unspecified atom stereocenters. The van der Waals surface area contributed by atoms with Crippen LogP contribution in [0.15, 0.2) is 42.5 Å². The number of nitrogens with zero attached hydrogens (tertiary/aromatic N) is 2. The second-order valence-corrected chi connectivity index (χ2v) is 6.52. The summed E-state index contributed by atoms with van der Waals surface area (Å²) in [7, 11) is 0. The molecule has 0 spiro atoms. The Morgan fingerprint density at radius 3 is 2.85 bits per heavy atom. The smallest absolute Gasteiger partial charge is 0.161 e. The molecule has 4 rings (SSSR count). The molecule has 3 aromatic rings. The zero-order chi connectivity index (χ0) is 18.5. The largest absolute Gasteiger partial charge is 0.504 e. The number of aromatic amines is 1. The zero-order valence-corrected chi connectivity index (χ0v) is 15.1. The number of hydrogen-bond acceptors (Lipinski definition) is 5. The Morgan fingerprint density at radius 1 is 1.15 bits per heavy atom. The lowest BCUT2D eigenvalue weighted by Crippen LogP contribution is -2.38. The third kappa shape index (κ3) is 4.30. The molecule has 0 bridgehead atoms. The molecule has 0 radical (unpaired) electrons. The van der Waals surface area contributed by atoms with E-state index in [1.165, 1.54) is 0 Å². The van der Waals surface area contributed by atoms with Crippen molar-refractivity contribution in [1.29, 1.82) is 0 Å². The third-order valence-corrected chi connectivity index (χ3v) is 4.69. The van der Waals surface area contributed by atoms with Crippen LogP contribution in [0, 0.1) is 0 Å². The maximum atomic E-state index is 10.2. The lowest BCUT2D eigenvalue weighted by atomic mass is 10.1. The summed E-state index contributed by atoms with van der Waals surface area (Å²) in [4.78, 5) is 2.30. The maximum absolute atomic E-state index is 10.2. The Morgan fingerprint density at radius 2 is 2.00 bits per heavy atom. The molecule has 0 amide bonds. The molecule has 2 heterocycles. The number of morpholine rings is 1. The number of phenolic OH excluding ortho intramolecular Hbond substituents is 1. The summed E-state index contributed by atoms with van der Waals surface area (Å²) >= 11 is 0. The molecule has 0 saturated carbocycles. The number of rotatable bonds is 6. The number of hydrogen-bond donors (Lipinski definition) is 2. The first-order valence-corrected chi connectivity index (χ1v) is 9.17. The average molecular weight is 365 g/mol. The molecule has 2 N–H and O–H groups in total. The Hall–Kier alpha value is -2.83. The molecule has 6 heteroatoms. The number of H-pyrrole nitrogens is 1. The number of aromatic hydroxyl groups is 1. The van der Waals surface area contributed by atoms with Crippen molar-refractivity contribution >= 4 is 23.1 Å². The predicted octanol–water partition coefficient (Wildman–Crippen LogP) is 3.15. The highest BCUT2D eigenvalue weighted by molar-refractivity contribution is 5.89. The molecule has 1 aliphatic rings. The Kier molecular flexibility index (Phi) is 5.37. The summed E-state index contributed by atoms with van der Waals surface area (Å²) in [6.45, 7) is 4.79. The number of benzene rings is 2. The lowest BCUT2D eigenvalue weighted by molar-refractivity contribution is 0.0321. The highest BCUT2D eigenvalue weighted by Crippen LogP contribution is 2.28. The summed E-state index contributed by atoms with van der Waals surface area (Å²) in [5.41, 5.74) is 2.76. The molecule has 1 fully saturated rings. The normalized spacial score (nSPS) is 15.6. The van der Waals surface area contributed by atoms with E-state index in [2.05, 4.69) is 15.1 Å². The number of phenols is 1. The van der Waals surface area contributed by atoms with Crippen LogP contribution in [-0.2, 0) is 4.74 Å². The fourth-order valence-corrected chi connectivity index (χ4v) is 3.16. The van der Waals surface area contributed by atoms with Gasteiger partial charge >= 0.3 is 0 Å². The van der Waals surface area contributed by atoms with Crippen LogP contribution < -0.4 is 4.74 Å². The van der Waals surface area contributed by atoms with Gasteiger partial charge in [0.2, 0.25) is 0 Å². The lowest BCUT2D eigenvalue weighted by Gasteiger charge is -2.26. The van der Waals surface area contributed by atoms with Crippen molar-refractivity contribution in [1.82, 2.24) is 15.1 Å². The van der Waals surface area contributed by atoms with E-state index in [4.69, 9.17) is 9.47 Å². The highest BCUT2D eigenvalue weighted by atomic mass is 16.5. The van der Waals surface area contributed by atoms with Gasteiger partial charge < -0.3 is 14.6 Å². The number of ether oxygens (including phenoxy) is 2. The van der Waals surface area contributed by atoms with Crippen LogP contribution in [0.5, 0.6) is 11.5 Å².